The summed E-state index contributed by atoms with van der Waals surface area (Å²) in [5.74, 6) is 2.30. The summed E-state index contributed by atoms with van der Waals surface area (Å²) in [6.45, 7) is 2.06. The van der Waals surface area contributed by atoms with E-state index < -0.39 is 0 Å². The van der Waals surface area contributed by atoms with Crippen LogP contribution in [0.1, 0.15) is 38.2 Å². The van der Waals surface area contributed by atoms with E-state index in [1.807, 2.05) is 30.3 Å². The molecule has 0 aromatic heterocycles. The Balaban J connectivity index is 1.53. The normalized spacial score (nSPS) is 28.6. The Morgan fingerprint density at radius 1 is 1.25 bits per heavy atom. The molecule has 3 rings (SSSR count). The van der Waals surface area contributed by atoms with Gasteiger partial charge in [-0.15, -0.1) is 0 Å². The average Bonchev–Trinajstić information content (AvgIpc) is 3.08. The van der Waals surface area contributed by atoms with E-state index in [1.165, 1.54) is 25.7 Å². The van der Waals surface area contributed by atoms with Gasteiger partial charge in [0.05, 0.1) is 6.42 Å². The molecule has 20 heavy (non-hydrogen) atoms. The first-order valence-electron chi connectivity index (χ1n) is 7.59. The Morgan fingerprint density at radius 2 is 2.05 bits per heavy atom. The number of fused-ring (bicyclic) bond motifs is 2. The highest BCUT2D eigenvalue weighted by atomic mass is 16.2. The predicted octanol–water partition coefficient (Wildman–Crippen LogP) is 3.16. The molecule has 2 aliphatic carbocycles. The van der Waals surface area contributed by atoms with Gasteiger partial charge in [0, 0.05) is 11.6 Å². The summed E-state index contributed by atoms with van der Waals surface area (Å²) >= 11 is 0. The molecule has 3 nitrogen and oxygen atoms in total. The van der Waals surface area contributed by atoms with Crippen molar-refractivity contribution in [2.75, 3.05) is 0 Å². The third-order valence-electron chi connectivity index (χ3n) is 4.84. The van der Waals surface area contributed by atoms with E-state index in [-0.39, 0.29) is 5.91 Å². The second kappa shape index (κ2) is 5.78. The van der Waals surface area contributed by atoms with E-state index in [9.17, 15) is 4.79 Å². The minimum Gasteiger partial charge on any atom is -0.273 e. The predicted molar refractivity (Wildman–Crippen MR) is 80.3 cm³/mol. The van der Waals surface area contributed by atoms with Crippen LogP contribution in [0.5, 0.6) is 0 Å². The van der Waals surface area contributed by atoms with Gasteiger partial charge in [-0.3, -0.25) is 4.79 Å². The highest BCUT2D eigenvalue weighted by Crippen LogP contribution is 2.48. The number of hydrogen-bond donors (Lipinski definition) is 1. The molecule has 106 valence electrons. The molecular formula is C17H22N2O. The van der Waals surface area contributed by atoms with Crippen LogP contribution in [0, 0.1) is 17.8 Å². The maximum absolute atomic E-state index is 11.9. The fourth-order valence-corrected chi connectivity index (χ4v) is 3.81. The summed E-state index contributed by atoms with van der Waals surface area (Å²) in [5, 5.41) is 4.34. The number of benzene rings is 1. The molecule has 2 fully saturated rings. The standard InChI is InChI=1S/C17H22N2O/c1-12(16-10-14-7-8-15(16)9-14)18-19-17(20)11-13-5-3-2-4-6-13/h2-6,14-16H,7-11H2,1H3,(H,19,20). The van der Waals surface area contributed by atoms with Crippen molar-refractivity contribution in [3.8, 4) is 0 Å². The van der Waals surface area contributed by atoms with Crippen LogP contribution in [-0.4, -0.2) is 11.6 Å². The van der Waals surface area contributed by atoms with Gasteiger partial charge in [0.1, 0.15) is 0 Å². The monoisotopic (exact) mass is 270 g/mol. The van der Waals surface area contributed by atoms with Crippen LogP contribution in [0.15, 0.2) is 35.4 Å². The van der Waals surface area contributed by atoms with E-state index >= 15 is 0 Å². The van der Waals surface area contributed by atoms with Gasteiger partial charge in [-0.05, 0) is 43.6 Å². The number of hydrazone groups is 1. The molecule has 3 unspecified atom stereocenters. The van der Waals surface area contributed by atoms with Crippen LogP contribution in [0.25, 0.3) is 0 Å². The van der Waals surface area contributed by atoms with Gasteiger partial charge in [0.2, 0.25) is 5.91 Å². The van der Waals surface area contributed by atoms with E-state index in [0.29, 0.717) is 12.3 Å². The molecular weight excluding hydrogens is 248 g/mol. The Morgan fingerprint density at radius 3 is 2.70 bits per heavy atom. The van der Waals surface area contributed by atoms with Crippen molar-refractivity contribution in [2.24, 2.45) is 22.9 Å². The number of carbonyl (C=O) groups excluding carboxylic acids is 1. The molecule has 2 saturated carbocycles. The summed E-state index contributed by atoms with van der Waals surface area (Å²) < 4.78 is 0. The highest BCUT2D eigenvalue weighted by Gasteiger charge is 2.40. The highest BCUT2D eigenvalue weighted by molar-refractivity contribution is 5.87. The number of hydrogen-bond acceptors (Lipinski definition) is 2. The lowest BCUT2D eigenvalue weighted by Gasteiger charge is -2.21. The Kier molecular flexibility index (Phi) is 3.86. The summed E-state index contributed by atoms with van der Waals surface area (Å²) in [4.78, 5) is 11.9. The third kappa shape index (κ3) is 2.92. The molecule has 1 amide bonds. The van der Waals surface area contributed by atoms with Crippen molar-refractivity contribution in [3.63, 3.8) is 0 Å². The van der Waals surface area contributed by atoms with Gasteiger partial charge in [-0.2, -0.15) is 5.10 Å². The molecule has 0 aliphatic heterocycles. The smallest absolute Gasteiger partial charge is 0.244 e. The van der Waals surface area contributed by atoms with Crippen LogP contribution >= 0.6 is 0 Å². The first-order chi connectivity index (χ1) is 9.72. The molecule has 1 aromatic rings. The summed E-state index contributed by atoms with van der Waals surface area (Å²) in [7, 11) is 0. The van der Waals surface area contributed by atoms with E-state index in [0.717, 1.165) is 23.1 Å². The van der Waals surface area contributed by atoms with Gasteiger partial charge in [-0.25, -0.2) is 5.43 Å². The molecule has 3 heteroatoms. The zero-order valence-electron chi connectivity index (χ0n) is 12.0. The van der Waals surface area contributed by atoms with Crippen LogP contribution in [-0.2, 0) is 11.2 Å². The Bertz CT molecular complexity index is 509. The summed E-state index contributed by atoms with van der Waals surface area (Å²) in [6.07, 6.45) is 5.79. The van der Waals surface area contributed by atoms with Crippen LogP contribution < -0.4 is 5.43 Å². The maximum Gasteiger partial charge on any atom is 0.244 e. The molecule has 1 aromatic carbocycles. The number of rotatable bonds is 4. The fourth-order valence-electron chi connectivity index (χ4n) is 3.81. The quantitative estimate of drug-likeness (QED) is 0.662. The second-order valence-electron chi connectivity index (χ2n) is 6.23. The van der Waals surface area contributed by atoms with Gasteiger partial charge in [-0.1, -0.05) is 36.8 Å². The topological polar surface area (TPSA) is 41.5 Å². The SMILES string of the molecule is CC(=NNC(=O)Cc1ccccc1)C1CC2CCC1C2. The second-order valence-corrected chi connectivity index (χ2v) is 6.23. The van der Waals surface area contributed by atoms with Gasteiger partial charge in [0.25, 0.3) is 0 Å². The van der Waals surface area contributed by atoms with Crippen molar-refractivity contribution in [1.29, 1.82) is 0 Å². The minimum absolute atomic E-state index is 0.0290. The molecule has 0 saturated heterocycles. The van der Waals surface area contributed by atoms with E-state index in [2.05, 4.69) is 17.5 Å². The molecule has 0 heterocycles. The number of nitrogens with one attached hydrogen (secondary N) is 1. The zero-order chi connectivity index (χ0) is 13.9. The lowest BCUT2D eigenvalue weighted by Crippen LogP contribution is -2.25. The first-order valence-corrected chi connectivity index (χ1v) is 7.59. The minimum atomic E-state index is -0.0290. The first kappa shape index (κ1) is 13.3. The van der Waals surface area contributed by atoms with Crippen molar-refractivity contribution in [1.82, 2.24) is 5.43 Å². The largest absolute Gasteiger partial charge is 0.273 e. The summed E-state index contributed by atoms with van der Waals surface area (Å²) in [5.41, 5.74) is 4.85. The molecule has 0 radical (unpaired) electrons. The molecule has 1 N–H and O–H groups in total. The lowest BCUT2D eigenvalue weighted by molar-refractivity contribution is -0.120. The van der Waals surface area contributed by atoms with Crippen LogP contribution in [0.4, 0.5) is 0 Å². The third-order valence-corrected chi connectivity index (χ3v) is 4.84. The van der Waals surface area contributed by atoms with Crippen molar-refractivity contribution in [2.45, 2.75) is 39.0 Å². The average molecular weight is 270 g/mol. The van der Waals surface area contributed by atoms with Gasteiger partial charge in [0.15, 0.2) is 0 Å². The van der Waals surface area contributed by atoms with Crippen molar-refractivity contribution < 1.29 is 4.79 Å². The fraction of sp³-hybridized carbons (Fsp3) is 0.529. The zero-order valence-corrected chi connectivity index (χ0v) is 12.0. The molecule has 3 atom stereocenters. The number of carbonyl (C=O) groups is 1. The molecule has 0 spiro atoms. The van der Waals surface area contributed by atoms with Crippen molar-refractivity contribution in [3.05, 3.63) is 35.9 Å². The number of amides is 1. The Hall–Kier alpha value is -1.64. The molecule has 2 bridgehead atoms. The Labute approximate surface area is 120 Å². The number of nitrogens with zero attached hydrogens (tertiary/aromatic N) is 1. The van der Waals surface area contributed by atoms with E-state index in [1.54, 1.807) is 0 Å². The van der Waals surface area contributed by atoms with Gasteiger partial charge >= 0.3 is 0 Å². The van der Waals surface area contributed by atoms with Gasteiger partial charge < -0.3 is 0 Å². The maximum atomic E-state index is 11.9. The van der Waals surface area contributed by atoms with E-state index in [4.69, 9.17) is 0 Å². The van der Waals surface area contributed by atoms with Crippen LogP contribution in [0.2, 0.25) is 0 Å². The van der Waals surface area contributed by atoms with Crippen LogP contribution in [0.3, 0.4) is 0 Å². The lowest BCUT2D eigenvalue weighted by atomic mass is 9.86. The van der Waals surface area contributed by atoms with Crippen molar-refractivity contribution >= 4 is 11.6 Å². The molecule has 2 aliphatic rings. The summed E-state index contributed by atoms with van der Waals surface area (Å²) in [6, 6.07) is 9.79.